The molecule has 1 saturated carbocycles. The van der Waals surface area contributed by atoms with E-state index < -0.39 is 0 Å². The van der Waals surface area contributed by atoms with E-state index >= 15 is 0 Å². The molecule has 1 amide bonds. The maximum atomic E-state index is 12.0. The van der Waals surface area contributed by atoms with Crippen molar-refractivity contribution in [3.05, 3.63) is 42.0 Å². The van der Waals surface area contributed by atoms with Crippen LogP contribution in [0.2, 0.25) is 0 Å². The summed E-state index contributed by atoms with van der Waals surface area (Å²) in [5.74, 6) is -0.0426. The highest BCUT2D eigenvalue weighted by molar-refractivity contribution is 5.91. The molecular formula is C17H21NO3. The van der Waals surface area contributed by atoms with E-state index in [1.54, 1.807) is 6.08 Å². The third-order valence-corrected chi connectivity index (χ3v) is 4.05. The highest BCUT2D eigenvalue weighted by Gasteiger charge is 2.34. The molecule has 21 heavy (non-hydrogen) atoms. The summed E-state index contributed by atoms with van der Waals surface area (Å²) in [7, 11) is 0. The van der Waals surface area contributed by atoms with Crippen LogP contribution in [0.1, 0.15) is 24.8 Å². The predicted octanol–water partition coefficient (Wildman–Crippen LogP) is 2.15. The third kappa shape index (κ3) is 3.93. The van der Waals surface area contributed by atoms with Gasteiger partial charge in [0.05, 0.1) is 25.4 Å². The zero-order valence-electron chi connectivity index (χ0n) is 12.0. The van der Waals surface area contributed by atoms with Crippen molar-refractivity contribution in [3.63, 3.8) is 0 Å². The lowest BCUT2D eigenvalue weighted by molar-refractivity contribution is -0.158. The first-order valence-electron chi connectivity index (χ1n) is 7.58. The minimum Gasteiger partial charge on any atom is -0.373 e. The van der Waals surface area contributed by atoms with Crippen LogP contribution in [0, 0.1) is 0 Å². The Morgan fingerprint density at radius 3 is 2.67 bits per heavy atom. The standard InChI is InChI=1S/C17H21NO3/c19-17(9-6-13-4-2-1-3-5-13)18-14-7-8-15-16(12-14)21-11-10-20-15/h1-6,9,14-16H,7-8,10-12H2,(H,18,19)/b9-6+/t14-,15-,16+/m1/s1. The Balaban J connectivity index is 1.50. The normalized spacial score (nSPS) is 29.0. The Kier molecular flexibility index (Phi) is 4.68. The predicted molar refractivity (Wildman–Crippen MR) is 80.7 cm³/mol. The van der Waals surface area contributed by atoms with Crippen LogP contribution in [0.15, 0.2) is 36.4 Å². The van der Waals surface area contributed by atoms with E-state index in [1.165, 1.54) is 0 Å². The minimum absolute atomic E-state index is 0.0426. The molecule has 1 N–H and O–H groups in total. The average molecular weight is 287 g/mol. The lowest BCUT2D eigenvalue weighted by Gasteiger charge is -2.38. The average Bonchev–Trinajstić information content (AvgIpc) is 2.54. The monoisotopic (exact) mass is 287 g/mol. The van der Waals surface area contributed by atoms with Gasteiger partial charge >= 0.3 is 0 Å². The summed E-state index contributed by atoms with van der Waals surface area (Å²) in [5, 5.41) is 3.06. The topological polar surface area (TPSA) is 47.6 Å². The first-order valence-corrected chi connectivity index (χ1v) is 7.58. The van der Waals surface area contributed by atoms with Gasteiger partial charge in [-0.05, 0) is 30.9 Å². The number of carbonyl (C=O) groups excluding carboxylic acids is 1. The molecule has 1 saturated heterocycles. The highest BCUT2D eigenvalue weighted by Crippen LogP contribution is 2.26. The Hall–Kier alpha value is -1.65. The van der Waals surface area contributed by atoms with Gasteiger partial charge in [0.15, 0.2) is 0 Å². The Bertz CT molecular complexity index is 500. The molecule has 0 spiro atoms. The van der Waals surface area contributed by atoms with Crippen molar-refractivity contribution in [2.75, 3.05) is 13.2 Å². The molecule has 1 aromatic carbocycles. The van der Waals surface area contributed by atoms with Crippen molar-refractivity contribution >= 4 is 12.0 Å². The van der Waals surface area contributed by atoms with Crippen LogP contribution in [0.3, 0.4) is 0 Å². The van der Waals surface area contributed by atoms with Gasteiger partial charge in [-0.1, -0.05) is 30.3 Å². The number of nitrogens with one attached hydrogen (secondary N) is 1. The second kappa shape index (κ2) is 6.87. The molecule has 0 bridgehead atoms. The van der Waals surface area contributed by atoms with Gasteiger partial charge in [0.1, 0.15) is 0 Å². The molecule has 112 valence electrons. The quantitative estimate of drug-likeness (QED) is 0.867. The fraction of sp³-hybridized carbons (Fsp3) is 0.471. The molecule has 4 nitrogen and oxygen atoms in total. The van der Waals surface area contributed by atoms with Crippen molar-refractivity contribution < 1.29 is 14.3 Å². The Labute approximate surface area is 125 Å². The molecule has 4 heteroatoms. The second-order valence-corrected chi connectivity index (χ2v) is 5.58. The van der Waals surface area contributed by atoms with E-state index in [9.17, 15) is 4.79 Å². The van der Waals surface area contributed by atoms with Gasteiger partial charge in [0, 0.05) is 12.1 Å². The lowest BCUT2D eigenvalue weighted by atomic mass is 9.89. The molecular weight excluding hydrogens is 266 g/mol. The molecule has 1 aliphatic heterocycles. The molecule has 1 aliphatic carbocycles. The molecule has 3 rings (SSSR count). The van der Waals surface area contributed by atoms with E-state index in [2.05, 4.69) is 5.32 Å². The van der Waals surface area contributed by atoms with E-state index in [0.717, 1.165) is 24.8 Å². The number of fused-ring (bicyclic) bond motifs is 1. The lowest BCUT2D eigenvalue weighted by Crippen LogP contribution is -2.49. The summed E-state index contributed by atoms with van der Waals surface area (Å²) in [6, 6.07) is 10.0. The van der Waals surface area contributed by atoms with Crippen LogP contribution < -0.4 is 5.32 Å². The zero-order chi connectivity index (χ0) is 14.5. The summed E-state index contributed by atoms with van der Waals surface area (Å²) >= 11 is 0. The molecule has 0 unspecified atom stereocenters. The van der Waals surface area contributed by atoms with Crippen LogP contribution in [0.25, 0.3) is 6.08 Å². The van der Waals surface area contributed by atoms with Crippen molar-refractivity contribution in [2.24, 2.45) is 0 Å². The Morgan fingerprint density at radius 2 is 1.86 bits per heavy atom. The first-order chi connectivity index (χ1) is 10.3. The SMILES string of the molecule is O=C(/C=C/c1ccccc1)N[C@@H]1CC[C@H]2OCCO[C@H]2C1. The van der Waals surface area contributed by atoms with Crippen molar-refractivity contribution in [1.82, 2.24) is 5.32 Å². The molecule has 0 aromatic heterocycles. The van der Waals surface area contributed by atoms with E-state index in [1.807, 2.05) is 36.4 Å². The number of hydrogen-bond donors (Lipinski definition) is 1. The van der Waals surface area contributed by atoms with Crippen LogP contribution in [-0.2, 0) is 14.3 Å². The fourth-order valence-electron chi connectivity index (χ4n) is 2.98. The molecule has 2 fully saturated rings. The van der Waals surface area contributed by atoms with Gasteiger partial charge in [0.2, 0.25) is 5.91 Å². The molecule has 2 aliphatic rings. The third-order valence-electron chi connectivity index (χ3n) is 4.05. The van der Waals surface area contributed by atoms with Gasteiger partial charge in [-0.25, -0.2) is 0 Å². The summed E-state index contributed by atoms with van der Waals surface area (Å²) in [6.07, 6.45) is 6.53. The van der Waals surface area contributed by atoms with Crippen LogP contribution in [0.5, 0.6) is 0 Å². The zero-order valence-corrected chi connectivity index (χ0v) is 12.0. The number of amides is 1. The number of benzene rings is 1. The summed E-state index contributed by atoms with van der Waals surface area (Å²) < 4.78 is 11.4. The van der Waals surface area contributed by atoms with Crippen molar-refractivity contribution in [3.8, 4) is 0 Å². The van der Waals surface area contributed by atoms with E-state index in [-0.39, 0.29) is 24.2 Å². The van der Waals surface area contributed by atoms with Gasteiger partial charge < -0.3 is 14.8 Å². The van der Waals surface area contributed by atoms with Gasteiger partial charge in [-0.15, -0.1) is 0 Å². The van der Waals surface area contributed by atoms with E-state index in [0.29, 0.717) is 13.2 Å². The summed E-state index contributed by atoms with van der Waals surface area (Å²) in [5.41, 5.74) is 1.03. The number of rotatable bonds is 3. The van der Waals surface area contributed by atoms with Gasteiger partial charge in [0.25, 0.3) is 0 Å². The van der Waals surface area contributed by atoms with Crippen molar-refractivity contribution in [1.29, 1.82) is 0 Å². The smallest absolute Gasteiger partial charge is 0.244 e. The maximum absolute atomic E-state index is 12.0. The number of hydrogen-bond acceptors (Lipinski definition) is 3. The highest BCUT2D eigenvalue weighted by atomic mass is 16.6. The molecule has 0 radical (unpaired) electrons. The summed E-state index contributed by atoms with van der Waals surface area (Å²) in [6.45, 7) is 1.35. The van der Waals surface area contributed by atoms with Crippen molar-refractivity contribution in [2.45, 2.75) is 37.5 Å². The van der Waals surface area contributed by atoms with Gasteiger partial charge in [-0.3, -0.25) is 4.79 Å². The minimum atomic E-state index is -0.0426. The number of ether oxygens (including phenoxy) is 2. The summed E-state index contributed by atoms with van der Waals surface area (Å²) in [4.78, 5) is 12.0. The first kappa shape index (κ1) is 14.3. The van der Waals surface area contributed by atoms with Crippen LogP contribution >= 0.6 is 0 Å². The second-order valence-electron chi connectivity index (χ2n) is 5.58. The Morgan fingerprint density at radius 1 is 1.10 bits per heavy atom. The fourth-order valence-corrected chi connectivity index (χ4v) is 2.98. The van der Waals surface area contributed by atoms with Crippen LogP contribution in [0.4, 0.5) is 0 Å². The molecule has 3 atom stereocenters. The number of carbonyl (C=O) groups is 1. The van der Waals surface area contributed by atoms with Gasteiger partial charge in [-0.2, -0.15) is 0 Å². The maximum Gasteiger partial charge on any atom is 0.244 e. The van der Waals surface area contributed by atoms with E-state index in [4.69, 9.17) is 9.47 Å². The molecule has 1 aromatic rings. The largest absolute Gasteiger partial charge is 0.373 e. The van der Waals surface area contributed by atoms with Crippen LogP contribution in [-0.4, -0.2) is 37.4 Å². The molecule has 1 heterocycles.